The molecule has 144 valence electrons. The van der Waals surface area contributed by atoms with Crippen molar-refractivity contribution in [1.29, 1.82) is 0 Å². The number of amides is 1. The Labute approximate surface area is 173 Å². The summed E-state index contributed by atoms with van der Waals surface area (Å²) < 4.78 is 1.76. The number of aromatic nitrogens is 3. The third-order valence-electron chi connectivity index (χ3n) is 5.22. The lowest BCUT2D eigenvalue weighted by molar-refractivity contribution is 0.0725. The quantitative estimate of drug-likeness (QED) is 0.486. The molecule has 0 saturated carbocycles. The van der Waals surface area contributed by atoms with Crippen LogP contribution in [-0.2, 0) is 0 Å². The van der Waals surface area contributed by atoms with Crippen molar-refractivity contribution in [2.75, 3.05) is 6.54 Å². The van der Waals surface area contributed by atoms with Crippen molar-refractivity contribution in [3.63, 3.8) is 0 Å². The summed E-state index contributed by atoms with van der Waals surface area (Å²) in [7, 11) is 0. The summed E-state index contributed by atoms with van der Waals surface area (Å²) >= 11 is 1.70. The third-order valence-corrected chi connectivity index (χ3v) is 6.19. The maximum absolute atomic E-state index is 13.4. The first-order valence-electron chi connectivity index (χ1n) is 9.73. The van der Waals surface area contributed by atoms with Gasteiger partial charge >= 0.3 is 0 Å². The maximum Gasteiger partial charge on any atom is 0.294 e. The van der Waals surface area contributed by atoms with Crippen molar-refractivity contribution >= 4 is 17.2 Å². The van der Waals surface area contributed by atoms with Crippen LogP contribution in [0.1, 0.15) is 34.4 Å². The minimum absolute atomic E-state index is 0.104. The Morgan fingerprint density at radius 3 is 2.45 bits per heavy atom. The summed E-state index contributed by atoms with van der Waals surface area (Å²) in [6, 6.07) is 24.0. The predicted octanol–water partition coefficient (Wildman–Crippen LogP) is 4.97. The summed E-state index contributed by atoms with van der Waals surface area (Å²) in [6.45, 7) is 0.738. The molecule has 5 rings (SSSR count). The van der Waals surface area contributed by atoms with E-state index in [1.54, 1.807) is 16.0 Å². The Morgan fingerprint density at radius 1 is 0.966 bits per heavy atom. The molecule has 6 heteroatoms. The van der Waals surface area contributed by atoms with Crippen LogP contribution in [0.4, 0.5) is 0 Å². The largest absolute Gasteiger partial charge is 0.328 e. The molecule has 0 radical (unpaired) electrons. The minimum atomic E-state index is -0.104. The zero-order valence-electron chi connectivity index (χ0n) is 15.8. The van der Waals surface area contributed by atoms with Gasteiger partial charge in [-0.1, -0.05) is 54.6 Å². The molecule has 4 aromatic rings. The fourth-order valence-electron chi connectivity index (χ4n) is 3.84. The van der Waals surface area contributed by atoms with Gasteiger partial charge in [-0.05, 0) is 36.4 Å². The van der Waals surface area contributed by atoms with Gasteiger partial charge in [0.05, 0.1) is 11.7 Å². The smallest absolute Gasteiger partial charge is 0.294 e. The van der Waals surface area contributed by atoms with Crippen LogP contribution in [0.3, 0.4) is 0 Å². The molecule has 1 aliphatic rings. The first kappa shape index (κ1) is 17.8. The Kier molecular flexibility index (Phi) is 4.69. The molecule has 1 saturated heterocycles. The van der Waals surface area contributed by atoms with Gasteiger partial charge in [-0.25, -0.2) is 9.67 Å². The molecule has 1 fully saturated rings. The van der Waals surface area contributed by atoms with E-state index in [1.807, 2.05) is 71.6 Å². The first-order chi connectivity index (χ1) is 14.3. The van der Waals surface area contributed by atoms with Crippen LogP contribution >= 0.6 is 11.3 Å². The zero-order chi connectivity index (χ0) is 19.6. The van der Waals surface area contributed by atoms with Gasteiger partial charge in [-0.3, -0.25) is 4.79 Å². The van der Waals surface area contributed by atoms with E-state index in [0.717, 1.165) is 30.6 Å². The van der Waals surface area contributed by atoms with Crippen LogP contribution in [0.25, 0.3) is 17.1 Å². The lowest BCUT2D eigenvalue weighted by Crippen LogP contribution is -2.31. The van der Waals surface area contributed by atoms with Crippen LogP contribution < -0.4 is 0 Å². The molecule has 0 N–H and O–H groups in total. The summed E-state index contributed by atoms with van der Waals surface area (Å²) in [5, 5.41) is 6.70. The summed E-state index contributed by atoms with van der Waals surface area (Å²) in [5.41, 5.74) is 1.81. The van der Waals surface area contributed by atoms with E-state index in [-0.39, 0.29) is 17.8 Å². The molecular weight excluding hydrogens is 380 g/mol. The van der Waals surface area contributed by atoms with Crippen LogP contribution in [0.5, 0.6) is 0 Å². The Balaban J connectivity index is 1.55. The first-order valence-corrected chi connectivity index (χ1v) is 10.6. The lowest BCUT2D eigenvalue weighted by atomic mass is 10.2. The highest BCUT2D eigenvalue weighted by Crippen LogP contribution is 2.35. The number of rotatable bonds is 4. The van der Waals surface area contributed by atoms with Gasteiger partial charge in [0, 0.05) is 17.0 Å². The van der Waals surface area contributed by atoms with Gasteiger partial charge in [-0.15, -0.1) is 16.4 Å². The Hall–Kier alpha value is -3.25. The monoisotopic (exact) mass is 400 g/mol. The van der Waals surface area contributed by atoms with Crippen LogP contribution in [-0.4, -0.2) is 32.1 Å². The van der Waals surface area contributed by atoms with Crippen molar-refractivity contribution in [2.45, 2.75) is 18.9 Å². The number of hydrogen-bond donors (Lipinski definition) is 0. The van der Waals surface area contributed by atoms with E-state index in [9.17, 15) is 4.79 Å². The van der Waals surface area contributed by atoms with Gasteiger partial charge in [0.2, 0.25) is 5.82 Å². The molecule has 1 aliphatic heterocycles. The van der Waals surface area contributed by atoms with Crippen molar-refractivity contribution in [3.05, 3.63) is 88.9 Å². The molecule has 0 unspecified atom stereocenters. The molecule has 1 amide bonds. The number of para-hydroxylation sites is 1. The second-order valence-electron chi connectivity index (χ2n) is 7.04. The Bertz CT molecular complexity index is 1050. The fraction of sp³-hybridized carbons (Fsp3) is 0.174. The highest BCUT2D eigenvalue weighted by molar-refractivity contribution is 7.10. The summed E-state index contributed by atoms with van der Waals surface area (Å²) in [6.07, 6.45) is 1.98. The molecule has 0 bridgehead atoms. The van der Waals surface area contributed by atoms with E-state index in [0.29, 0.717) is 5.82 Å². The fourth-order valence-corrected chi connectivity index (χ4v) is 4.71. The van der Waals surface area contributed by atoms with E-state index >= 15 is 0 Å². The third kappa shape index (κ3) is 3.36. The number of benzene rings is 2. The van der Waals surface area contributed by atoms with Crippen molar-refractivity contribution < 1.29 is 4.79 Å². The van der Waals surface area contributed by atoms with Crippen molar-refractivity contribution in [3.8, 4) is 17.1 Å². The van der Waals surface area contributed by atoms with E-state index in [4.69, 9.17) is 0 Å². The van der Waals surface area contributed by atoms with Crippen LogP contribution in [0.15, 0.2) is 78.2 Å². The average molecular weight is 401 g/mol. The minimum Gasteiger partial charge on any atom is -0.328 e. The molecule has 2 aromatic carbocycles. The Morgan fingerprint density at radius 2 is 1.72 bits per heavy atom. The van der Waals surface area contributed by atoms with E-state index < -0.39 is 0 Å². The number of carbonyl (C=O) groups excluding carboxylic acids is 1. The molecule has 0 aliphatic carbocycles. The highest BCUT2D eigenvalue weighted by Gasteiger charge is 2.33. The van der Waals surface area contributed by atoms with Gasteiger partial charge in [0.15, 0.2) is 5.82 Å². The van der Waals surface area contributed by atoms with Crippen molar-refractivity contribution in [2.24, 2.45) is 0 Å². The van der Waals surface area contributed by atoms with Gasteiger partial charge in [-0.2, -0.15) is 0 Å². The zero-order valence-corrected chi connectivity index (χ0v) is 16.6. The number of likely N-dealkylation sites (tertiary alicyclic amines) is 1. The topological polar surface area (TPSA) is 51.0 Å². The molecule has 0 spiro atoms. The summed E-state index contributed by atoms with van der Waals surface area (Å²) in [5.74, 6) is 0.816. The van der Waals surface area contributed by atoms with Crippen LogP contribution in [0, 0.1) is 0 Å². The molecule has 3 heterocycles. The highest BCUT2D eigenvalue weighted by atomic mass is 32.1. The molecular formula is C23H20N4OS. The van der Waals surface area contributed by atoms with Gasteiger partial charge in [0.1, 0.15) is 0 Å². The SMILES string of the molecule is O=C(c1nc(-c2ccccc2)n(-c2ccccc2)n1)N1CCC[C@@H]1c1cccs1. The number of carbonyl (C=O) groups is 1. The number of hydrogen-bond acceptors (Lipinski definition) is 4. The lowest BCUT2D eigenvalue weighted by Gasteiger charge is -2.22. The summed E-state index contributed by atoms with van der Waals surface area (Å²) in [4.78, 5) is 21.2. The van der Waals surface area contributed by atoms with E-state index in [2.05, 4.69) is 21.5 Å². The van der Waals surface area contributed by atoms with Gasteiger partial charge < -0.3 is 4.90 Å². The van der Waals surface area contributed by atoms with Crippen LogP contribution in [0.2, 0.25) is 0 Å². The second-order valence-corrected chi connectivity index (χ2v) is 8.02. The van der Waals surface area contributed by atoms with Gasteiger partial charge in [0.25, 0.3) is 5.91 Å². The normalized spacial score (nSPS) is 16.3. The number of thiophene rings is 1. The number of nitrogens with zero attached hydrogens (tertiary/aromatic N) is 4. The standard InChI is InChI=1S/C23H20N4OS/c28-23(26-15-7-13-19(26)20-14-8-16-29-20)21-24-22(17-9-3-1-4-10-17)27(25-21)18-11-5-2-6-12-18/h1-6,8-12,14,16,19H,7,13,15H2/t19-/m1/s1. The molecule has 2 aromatic heterocycles. The molecule has 29 heavy (non-hydrogen) atoms. The average Bonchev–Trinajstić information content (AvgIpc) is 3.54. The molecule has 1 atom stereocenters. The van der Waals surface area contributed by atoms with Crippen molar-refractivity contribution in [1.82, 2.24) is 19.7 Å². The second kappa shape index (κ2) is 7.64. The predicted molar refractivity (Wildman–Crippen MR) is 114 cm³/mol. The molecule has 5 nitrogen and oxygen atoms in total. The maximum atomic E-state index is 13.4. The van der Waals surface area contributed by atoms with E-state index in [1.165, 1.54) is 4.88 Å².